The highest BCUT2D eigenvalue weighted by atomic mass is 19.1. The Labute approximate surface area is 129 Å². The van der Waals surface area contributed by atoms with E-state index < -0.39 is 74.0 Å². The molecule has 2 rings (SSSR count). The van der Waals surface area contributed by atoms with Crippen molar-refractivity contribution >= 4 is 0 Å². The Morgan fingerprint density at radius 1 is 1.00 bits per heavy atom. The summed E-state index contributed by atoms with van der Waals surface area (Å²) in [6.45, 7) is -2.84. The zero-order valence-electron chi connectivity index (χ0n) is 11.9. The van der Waals surface area contributed by atoms with E-state index in [9.17, 15) is 40.1 Å². The predicted molar refractivity (Wildman–Crippen MR) is 67.6 cm³/mol. The molecule has 0 radical (unpaired) electrons. The average Bonchev–Trinajstić information content (AvgIpc) is 2.54. The first-order valence-electron chi connectivity index (χ1n) is 6.95. The van der Waals surface area contributed by atoms with Gasteiger partial charge in [0, 0.05) is 0 Å². The molecule has 2 heterocycles. The summed E-state index contributed by atoms with van der Waals surface area (Å²) in [6.07, 6.45) is -14.2. The summed E-state index contributed by atoms with van der Waals surface area (Å²) in [7, 11) is 0. The number of aliphatic hydroxyl groups is 8. The van der Waals surface area contributed by atoms with Crippen LogP contribution >= 0.6 is 0 Å². The fraction of sp³-hybridized carbons (Fsp3) is 1.00. The van der Waals surface area contributed by atoms with E-state index in [1.165, 1.54) is 0 Å². The molecule has 136 valence electrons. The molecule has 0 aromatic carbocycles. The molecule has 0 aliphatic carbocycles. The molecular weight excluding hydrogens is 323 g/mol. The summed E-state index contributed by atoms with van der Waals surface area (Å²) in [4.78, 5) is 0. The lowest BCUT2D eigenvalue weighted by atomic mass is 9.66. The first-order valence-corrected chi connectivity index (χ1v) is 6.95. The number of hydrogen-bond acceptors (Lipinski definition) is 10. The lowest BCUT2D eigenvalue weighted by Crippen LogP contribution is -2.83. The monoisotopic (exact) mass is 344 g/mol. The second-order valence-corrected chi connectivity index (χ2v) is 5.78. The van der Waals surface area contributed by atoms with Crippen molar-refractivity contribution in [3.8, 4) is 0 Å². The number of alkyl halides is 1. The zero-order valence-corrected chi connectivity index (χ0v) is 11.9. The Hall–Kier alpha value is -0.470. The Balaban J connectivity index is 2.49. The van der Waals surface area contributed by atoms with E-state index in [4.69, 9.17) is 14.6 Å². The van der Waals surface area contributed by atoms with Gasteiger partial charge in [-0.2, -0.15) is 0 Å². The van der Waals surface area contributed by atoms with Crippen LogP contribution in [0.25, 0.3) is 0 Å². The van der Waals surface area contributed by atoms with Gasteiger partial charge in [0.1, 0.15) is 43.3 Å². The number of aliphatic hydroxyl groups excluding tert-OH is 6. The van der Waals surface area contributed by atoms with Crippen molar-refractivity contribution in [2.45, 2.75) is 54.1 Å². The largest absolute Gasteiger partial charge is 0.394 e. The fourth-order valence-corrected chi connectivity index (χ4v) is 3.12. The van der Waals surface area contributed by atoms with E-state index in [-0.39, 0.29) is 0 Å². The molecule has 2 saturated heterocycles. The lowest BCUT2D eigenvalue weighted by Gasteiger charge is -2.58. The van der Waals surface area contributed by atoms with Crippen LogP contribution < -0.4 is 0 Å². The Bertz CT molecular complexity index is 423. The summed E-state index contributed by atoms with van der Waals surface area (Å²) in [6, 6.07) is 0. The van der Waals surface area contributed by atoms with Crippen LogP contribution in [0.2, 0.25) is 0 Å². The van der Waals surface area contributed by atoms with Crippen LogP contribution in [0.1, 0.15) is 0 Å². The molecule has 11 heteroatoms. The van der Waals surface area contributed by atoms with Gasteiger partial charge >= 0.3 is 0 Å². The molecular formula is C12H21FO10. The molecule has 8 N–H and O–H groups in total. The van der Waals surface area contributed by atoms with Crippen LogP contribution in [0, 0.1) is 0 Å². The summed E-state index contributed by atoms with van der Waals surface area (Å²) in [5, 5.41) is 79.9. The van der Waals surface area contributed by atoms with Crippen LogP contribution in [-0.2, 0) is 9.47 Å². The summed E-state index contributed by atoms with van der Waals surface area (Å²) >= 11 is 0. The topological polar surface area (TPSA) is 180 Å². The third-order valence-corrected chi connectivity index (χ3v) is 4.57. The highest BCUT2D eigenvalue weighted by Gasteiger charge is 2.72. The molecule has 0 spiro atoms. The Morgan fingerprint density at radius 2 is 1.61 bits per heavy atom. The van der Waals surface area contributed by atoms with Crippen molar-refractivity contribution in [3.05, 3.63) is 0 Å². The van der Waals surface area contributed by atoms with Crippen molar-refractivity contribution in [2.24, 2.45) is 0 Å². The molecule has 10 nitrogen and oxygen atoms in total. The molecule has 9 atom stereocenters. The predicted octanol–water partition coefficient (Wildman–Crippen LogP) is -5.03. The minimum atomic E-state index is -3.21. The van der Waals surface area contributed by atoms with Crippen molar-refractivity contribution in [1.82, 2.24) is 0 Å². The third-order valence-electron chi connectivity index (χ3n) is 4.57. The van der Waals surface area contributed by atoms with E-state index in [0.29, 0.717) is 0 Å². The SMILES string of the molecule is OC[C@H]1O[C@H](O)[C@@](O)([C@@]2(O)[C@H](O)[C@@H](O)CO[C@@H]2CF)[C@@H](O)[C@@H]1O. The normalized spacial score (nSPS) is 54.9. The molecule has 23 heavy (non-hydrogen) atoms. The molecule has 0 saturated carbocycles. The van der Waals surface area contributed by atoms with Gasteiger partial charge < -0.3 is 50.3 Å². The first-order chi connectivity index (χ1) is 10.7. The highest BCUT2D eigenvalue weighted by molar-refractivity contribution is 5.19. The van der Waals surface area contributed by atoms with Gasteiger partial charge in [0.25, 0.3) is 0 Å². The highest BCUT2D eigenvalue weighted by Crippen LogP contribution is 2.44. The number of halogens is 1. The van der Waals surface area contributed by atoms with Gasteiger partial charge in [-0.3, -0.25) is 0 Å². The molecule has 0 aromatic heterocycles. The minimum Gasteiger partial charge on any atom is -0.394 e. The van der Waals surface area contributed by atoms with E-state index >= 15 is 0 Å². The van der Waals surface area contributed by atoms with E-state index in [1.807, 2.05) is 0 Å². The third kappa shape index (κ3) is 2.48. The Kier molecular flexibility index (Phi) is 5.28. The van der Waals surface area contributed by atoms with Crippen LogP contribution in [0.5, 0.6) is 0 Å². The molecule has 2 aliphatic rings. The van der Waals surface area contributed by atoms with Crippen molar-refractivity contribution < 1.29 is 54.7 Å². The molecule has 2 fully saturated rings. The molecule has 0 bridgehead atoms. The van der Waals surface area contributed by atoms with Gasteiger partial charge in [0.15, 0.2) is 17.5 Å². The number of rotatable bonds is 3. The van der Waals surface area contributed by atoms with E-state index in [2.05, 4.69) is 0 Å². The van der Waals surface area contributed by atoms with Gasteiger partial charge in [-0.15, -0.1) is 0 Å². The average molecular weight is 344 g/mol. The van der Waals surface area contributed by atoms with E-state index in [1.54, 1.807) is 0 Å². The van der Waals surface area contributed by atoms with Crippen molar-refractivity contribution in [2.75, 3.05) is 19.9 Å². The van der Waals surface area contributed by atoms with Gasteiger partial charge in [-0.25, -0.2) is 4.39 Å². The summed E-state index contributed by atoms with van der Waals surface area (Å²) in [5.41, 5.74) is -6.32. The van der Waals surface area contributed by atoms with Gasteiger partial charge in [-0.05, 0) is 0 Å². The van der Waals surface area contributed by atoms with Crippen molar-refractivity contribution in [1.29, 1.82) is 0 Å². The van der Waals surface area contributed by atoms with Crippen LogP contribution in [0.15, 0.2) is 0 Å². The number of ether oxygens (including phenoxy) is 2. The first kappa shape index (κ1) is 18.9. The van der Waals surface area contributed by atoms with Crippen LogP contribution in [-0.4, -0.2) is 115 Å². The minimum absolute atomic E-state index is 0.566. The zero-order chi connectivity index (χ0) is 17.6. The fourth-order valence-electron chi connectivity index (χ4n) is 3.12. The lowest BCUT2D eigenvalue weighted by molar-refractivity contribution is -0.406. The van der Waals surface area contributed by atoms with Gasteiger partial charge in [-0.1, -0.05) is 0 Å². The quantitative estimate of drug-likeness (QED) is 0.247. The Morgan fingerprint density at radius 3 is 2.13 bits per heavy atom. The second-order valence-electron chi connectivity index (χ2n) is 5.78. The maximum absolute atomic E-state index is 13.2. The maximum atomic E-state index is 13.2. The maximum Gasteiger partial charge on any atom is 0.190 e. The standard InChI is InChI=1S/C12H21FO10/c13-1-6-11(20,8(17)4(15)3-22-6)12(21)9(18)7(16)5(2-14)23-10(12)19/h4-10,14-21H,1-3H2/t4-,5+,6+,7+,8+,9-,10-,11-,12+/m0/s1. The molecule has 0 aromatic rings. The molecule has 0 amide bonds. The summed E-state index contributed by atoms with van der Waals surface area (Å²) in [5.74, 6) is 0. The van der Waals surface area contributed by atoms with Gasteiger partial charge in [0.05, 0.1) is 13.2 Å². The van der Waals surface area contributed by atoms with Crippen LogP contribution in [0.4, 0.5) is 4.39 Å². The molecule has 2 aliphatic heterocycles. The second kappa shape index (κ2) is 6.44. The number of hydrogen-bond donors (Lipinski definition) is 8. The van der Waals surface area contributed by atoms with E-state index in [0.717, 1.165) is 0 Å². The smallest absolute Gasteiger partial charge is 0.190 e. The molecule has 0 unspecified atom stereocenters. The van der Waals surface area contributed by atoms with Crippen molar-refractivity contribution in [3.63, 3.8) is 0 Å². The summed E-state index contributed by atoms with van der Waals surface area (Å²) < 4.78 is 22.8. The van der Waals surface area contributed by atoms with Crippen LogP contribution in [0.3, 0.4) is 0 Å². The van der Waals surface area contributed by atoms with Gasteiger partial charge in [0.2, 0.25) is 0 Å².